The van der Waals surface area contributed by atoms with Crippen LogP contribution in [0.3, 0.4) is 0 Å². The molecule has 8 atom stereocenters. The highest BCUT2D eigenvalue weighted by Gasteiger charge is 2.79. The van der Waals surface area contributed by atoms with Crippen LogP contribution in [0.4, 0.5) is 0 Å². The highest BCUT2D eigenvalue weighted by atomic mass is 16.7. The molecule has 0 radical (unpaired) electrons. The fraction of sp³-hybridized carbons (Fsp3) is 0.800. The molecule has 0 aromatic rings. The zero-order chi connectivity index (χ0) is 22.9. The van der Waals surface area contributed by atoms with Crippen LogP contribution >= 0.6 is 0 Å². The van der Waals surface area contributed by atoms with Crippen LogP contribution in [0.2, 0.25) is 0 Å². The van der Waals surface area contributed by atoms with E-state index in [9.17, 15) is 14.4 Å². The van der Waals surface area contributed by atoms with E-state index in [1.165, 1.54) is 12.5 Å². The molecule has 0 N–H and O–H groups in total. The second-order valence-electron chi connectivity index (χ2n) is 10.9. The van der Waals surface area contributed by atoms with Gasteiger partial charge in [0.05, 0.1) is 6.10 Å². The van der Waals surface area contributed by atoms with Crippen molar-refractivity contribution >= 4 is 17.5 Å². The van der Waals surface area contributed by atoms with E-state index in [2.05, 4.69) is 13.8 Å². The number of hydrogen-bond acceptors (Lipinski definition) is 7. The predicted octanol–water partition coefficient (Wildman–Crippen LogP) is 3.00. The molecule has 1 heterocycles. The van der Waals surface area contributed by atoms with Gasteiger partial charge in [0, 0.05) is 25.4 Å². The molecule has 0 aromatic carbocycles. The predicted molar refractivity (Wildman–Crippen MR) is 113 cm³/mol. The highest BCUT2D eigenvalue weighted by molar-refractivity contribution is 5.95. The van der Waals surface area contributed by atoms with Crippen LogP contribution in [-0.2, 0) is 33.3 Å². The first-order valence-corrected chi connectivity index (χ1v) is 11.9. The summed E-state index contributed by atoms with van der Waals surface area (Å²) in [6, 6.07) is 0. The van der Waals surface area contributed by atoms with Crippen molar-refractivity contribution in [2.45, 2.75) is 77.1 Å². The van der Waals surface area contributed by atoms with Crippen LogP contribution in [0, 0.1) is 28.6 Å². The van der Waals surface area contributed by atoms with Gasteiger partial charge >= 0.3 is 5.97 Å². The van der Waals surface area contributed by atoms with Gasteiger partial charge in [-0.05, 0) is 61.9 Å². The van der Waals surface area contributed by atoms with Gasteiger partial charge in [-0.25, -0.2) is 0 Å². The Kier molecular flexibility index (Phi) is 5.19. The molecule has 1 spiro atoms. The van der Waals surface area contributed by atoms with Gasteiger partial charge in [0.1, 0.15) is 25.1 Å². The van der Waals surface area contributed by atoms with Gasteiger partial charge in [-0.2, -0.15) is 0 Å². The Hall–Kier alpha value is -1.57. The number of ketones is 2. The summed E-state index contributed by atoms with van der Waals surface area (Å²) in [6.45, 7) is 5.81. The Balaban J connectivity index is 1.42. The molecule has 7 heteroatoms. The van der Waals surface area contributed by atoms with E-state index in [-0.39, 0.29) is 53.4 Å². The number of fused-ring (bicyclic) bond motifs is 3. The summed E-state index contributed by atoms with van der Waals surface area (Å²) in [5.41, 5.74) is 0.543. The summed E-state index contributed by atoms with van der Waals surface area (Å²) in [7, 11) is 1.56. The minimum Gasteiger partial charge on any atom is -0.458 e. The van der Waals surface area contributed by atoms with Crippen molar-refractivity contribution < 1.29 is 33.3 Å². The third-order valence-corrected chi connectivity index (χ3v) is 9.55. The summed E-state index contributed by atoms with van der Waals surface area (Å²) in [5, 5.41) is 0. The number of epoxide rings is 1. The molecule has 1 saturated heterocycles. The number of carbonyl (C=O) groups excluding carboxylic acids is 3. The molecule has 4 fully saturated rings. The smallest absolute Gasteiger partial charge is 0.303 e. The van der Waals surface area contributed by atoms with E-state index in [0.29, 0.717) is 18.3 Å². The third kappa shape index (κ3) is 2.93. The molecule has 32 heavy (non-hydrogen) atoms. The number of rotatable bonds is 6. The lowest BCUT2D eigenvalue weighted by molar-refractivity contribution is -0.149. The SMILES string of the molecule is COCOC1C[C@@]2(C)C(=CC1=O)CC[C@H]1[C@@H]3CC[C@H](C(=O)COC(C)=O)[C@@]3(C)C[C@@H]3O[C@@]312. The highest BCUT2D eigenvalue weighted by Crippen LogP contribution is 2.75. The van der Waals surface area contributed by atoms with Gasteiger partial charge in [-0.1, -0.05) is 19.4 Å². The zero-order valence-corrected chi connectivity index (χ0v) is 19.5. The maximum Gasteiger partial charge on any atom is 0.303 e. The first kappa shape index (κ1) is 22.2. The first-order chi connectivity index (χ1) is 15.2. The van der Waals surface area contributed by atoms with Gasteiger partial charge in [0.25, 0.3) is 0 Å². The van der Waals surface area contributed by atoms with E-state index in [0.717, 1.165) is 32.1 Å². The summed E-state index contributed by atoms with van der Waals surface area (Å²) >= 11 is 0. The molecule has 7 nitrogen and oxygen atoms in total. The van der Waals surface area contributed by atoms with Crippen LogP contribution in [0.25, 0.3) is 0 Å². The van der Waals surface area contributed by atoms with Crippen molar-refractivity contribution in [2.75, 3.05) is 20.5 Å². The summed E-state index contributed by atoms with van der Waals surface area (Å²) < 4.78 is 22.5. The summed E-state index contributed by atoms with van der Waals surface area (Å²) in [6.07, 6.45) is 6.56. The molecule has 4 aliphatic carbocycles. The number of methoxy groups -OCH3 is 1. The lowest BCUT2D eigenvalue weighted by Gasteiger charge is -2.56. The number of Topliss-reactive ketones (excluding diaryl/α,β-unsaturated/α-hetero) is 1. The Labute approximate surface area is 189 Å². The van der Waals surface area contributed by atoms with E-state index in [1.54, 1.807) is 13.2 Å². The van der Waals surface area contributed by atoms with Crippen molar-refractivity contribution in [3.05, 3.63) is 11.6 Å². The lowest BCUT2D eigenvalue weighted by atomic mass is 9.46. The topological polar surface area (TPSA) is 91.4 Å². The van der Waals surface area contributed by atoms with Gasteiger partial charge in [0.2, 0.25) is 0 Å². The molecular weight excluding hydrogens is 412 g/mol. The zero-order valence-electron chi connectivity index (χ0n) is 19.5. The van der Waals surface area contributed by atoms with Crippen molar-refractivity contribution in [3.8, 4) is 0 Å². The molecule has 5 rings (SSSR count). The molecule has 1 aliphatic heterocycles. The van der Waals surface area contributed by atoms with E-state index < -0.39 is 12.1 Å². The van der Waals surface area contributed by atoms with Gasteiger partial charge in [-0.15, -0.1) is 0 Å². The van der Waals surface area contributed by atoms with Gasteiger partial charge in [-0.3, -0.25) is 14.4 Å². The fourth-order valence-electron chi connectivity index (χ4n) is 8.14. The third-order valence-electron chi connectivity index (χ3n) is 9.55. The quantitative estimate of drug-likeness (QED) is 0.352. The Bertz CT molecular complexity index is 880. The van der Waals surface area contributed by atoms with Crippen molar-refractivity contribution in [2.24, 2.45) is 28.6 Å². The second kappa shape index (κ2) is 7.47. The molecule has 3 saturated carbocycles. The molecule has 5 aliphatic rings. The standard InChI is InChI=1S/C25H34O7/c1-14(26)30-12-20(28)18-8-7-16-17-6-5-15-9-19(27)21(31-13-29-4)10-24(15,3)25(17)22(32-25)11-23(16,18)2/h9,16-18,21-22H,5-8,10-13H2,1-4H3/t16-,17-,18+,21?,22-,23-,24-,25+/m0/s1. The monoisotopic (exact) mass is 446 g/mol. The fourth-order valence-corrected chi connectivity index (χ4v) is 8.14. The van der Waals surface area contributed by atoms with Crippen molar-refractivity contribution in [1.82, 2.24) is 0 Å². The Morgan fingerprint density at radius 2 is 1.94 bits per heavy atom. The van der Waals surface area contributed by atoms with E-state index in [4.69, 9.17) is 18.9 Å². The van der Waals surface area contributed by atoms with Crippen LogP contribution in [0.5, 0.6) is 0 Å². The average molecular weight is 447 g/mol. The lowest BCUT2D eigenvalue weighted by Crippen LogP contribution is -2.59. The van der Waals surface area contributed by atoms with Crippen LogP contribution in [0.15, 0.2) is 11.6 Å². The van der Waals surface area contributed by atoms with E-state index >= 15 is 0 Å². The maximum atomic E-state index is 13.0. The molecule has 0 amide bonds. The van der Waals surface area contributed by atoms with Crippen molar-refractivity contribution in [1.29, 1.82) is 0 Å². The number of carbonyl (C=O) groups is 3. The minimum atomic E-state index is -0.503. The van der Waals surface area contributed by atoms with Gasteiger partial charge in [0.15, 0.2) is 11.6 Å². The minimum absolute atomic E-state index is 0.0271. The number of esters is 1. The van der Waals surface area contributed by atoms with Crippen molar-refractivity contribution in [3.63, 3.8) is 0 Å². The summed E-state index contributed by atoms with van der Waals surface area (Å²) in [5.74, 6) is 0.307. The number of ether oxygens (including phenoxy) is 4. The number of hydrogen-bond donors (Lipinski definition) is 0. The molecule has 0 aromatic heterocycles. The molecule has 0 bridgehead atoms. The van der Waals surface area contributed by atoms with Crippen LogP contribution in [-0.4, -0.2) is 55.9 Å². The van der Waals surface area contributed by atoms with Crippen LogP contribution in [0.1, 0.15) is 59.3 Å². The van der Waals surface area contributed by atoms with E-state index in [1.807, 2.05) is 0 Å². The van der Waals surface area contributed by atoms with Crippen LogP contribution < -0.4 is 0 Å². The molecule has 176 valence electrons. The largest absolute Gasteiger partial charge is 0.458 e. The molecule has 1 unspecified atom stereocenters. The summed E-state index contributed by atoms with van der Waals surface area (Å²) in [4.78, 5) is 36.8. The average Bonchev–Trinajstić information content (AvgIpc) is 3.35. The Morgan fingerprint density at radius 3 is 2.66 bits per heavy atom. The molecular formula is C25H34O7. The first-order valence-electron chi connectivity index (χ1n) is 11.9. The second-order valence-corrected chi connectivity index (χ2v) is 10.9. The maximum absolute atomic E-state index is 13.0. The van der Waals surface area contributed by atoms with Gasteiger partial charge < -0.3 is 18.9 Å². The normalized spacial score (nSPS) is 46.3. The Morgan fingerprint density at radius 1 is 1.16 bits per heavy atom.